The van der Waals surface area contributed by atoms with Crippen molar-refractivity contribution in [1.82, 2.24) is 0 Å². The van der Waals surface area contributed by atoms with Crippen LogP contribution in [0.25, 0.3) is 0 Å². The van der Waals surface area contributed by atoms with Crippen molar-refractivity contribution in [2.75, 3.05) is 7.11 Å². The first kappa shape index (κ1) is 15.1. The van der Waals surface area contributed by atoms with E-state index >= 15 is 0 Å². The van der Waals surface area contributed by atoms with Crippen LogP contribution in [0, 0.1) is 5.82 Å². The molecule has 0 unspecified atom stereocenters. The van der Waals surface area contributed by atoms with Gasteiger partial charge in [-0.2, -0.15) is 0 Å². The summed E-state index contributed by atoms with van der Waals surface area (Å²) in [7, 11) is 1.58. The third-order valence-electron chi connectivity index (χ3n) is 2.72. The van der Waals surface area contributed by atoms with Gasteiger partial charge in [0.15, 0.2) is 0 Å². The second-order valence-corrected chi connectivity index (χ2v) is 5.17. The predicted molar refractivity (Wildman–Crippen MR) is 81.4 cm³/mol. The van der Waals surface area contributed by atoms with Gasteiger partial charge < -0.3 is 9.47 Å². The Labute approximate surface area is 130 Å². The van der Waals surface area contributed by atoms with Crippen molar-refractivity contribution < 1.29 is 13.9 Å². The molecule has 0 saturated heterocycles. The Bertz CT molecular complexity index is 604. The first-order chi connectivity index (χ1) is 9.62. The number of halogens is 3. The molecule has 0 spiro atoms. The van der Waals surface area contributed by atoms with Gasteiger partial charge in [-0.15, -0.1) is 0 Å². The molecule has 0 aliphatic carbocycles. The average molecular weight is 360 g/mol. The Morgan fingerprint density at radius 1 is 1.20 bits per heavy atom. The maximum Gasteiger partial charge on any atom is 0.127 e. The minimum absolute atomic E-state index is 0.259. The summed E-state index contributed by atoms with van der Waals surface area (Å²) < 4.78 is 24.3. The lowest BCUT2D eigenvalue weighted by Gasteiger charge is -2.11. The maximum absolute atomic E-state index is 13.4. The molecule has 0 N–H and O–H groups in total. The van der Waals surface area contributed by atoms with E-state index in [-0.39, 0.29) is 12.4 Å². The zero-order chi connectivity index (χ0) is 14.5. The van der Waals surface area contributed by atoms with Crippen LogP contribution in [-0.2, 0) is 11.9 Å². The number of rotatable bonds is 5. The highest BCUT2D eigenvalue weighted by Crippen LogP contribution is 2.25. The van der Waals surface area contributed by atoms with Gasteiger partial charge in [-0.3, -0.25) is 0 Å². The molecule has 5 heteroatoms. The number of hydrogen-bond acceptors (Lipinski definition) is 2. The van der Waals surface area contributed by atoms with Gasteiger partial charge in [0.1, 0.15) is 23.9 Å². The molecule has 0 radical (unpaired) electrons. The average Bonchev–Trinajstić information content (AvgIpc) is 2.44. The summed E-state index contributed by atoms with van der Waals surface area (Å²) >= 11 is 9.25. The number of hydrogen-bond donors (Lipinski definition) is 0. The normalized spacial score (nSPS) is 10.4. The molecule has 0 aliphatic heterocycles. The van der Waals surface area contributed by atoms with E-state index < -0.39 is 0 Å². The Kier molecular flexibility index (Phi) is 5.26. The summed E-state index contributed by atoms with van der Waals surface area (Å²) in [6.45, 7) is 0.259. The van der Waals surface area contributed by atoms with Crippen molar-refractivity contribution in [3.63, 3.8) is 0 Å². The molecule has 2 aromatic carbocycles. The maximum atomic E-state index is 13.4. The third kappa shape index (κ3) is 3.87. The van der Waals surface area contributed by atoms with E-state index in [1.165, 1.54) is 12.1 Å². The fraction of sp³-hybridized carbons (Fsp3) is 0.200. The monoisotopic (exact) mass is 358 g/mol. The zero-order valence-corrected chi connectivity index (χ0v) is 13.2. The van der Waals surface area contributed by atoms with Gasteiger partial charge in [-0.05, 0) is 35.9 Å². The third-order valence-corrected chi connectivity index (χ3v) is 3.60. The summed E-state index contributed by atoms with van der Waals surface area (Å²) in [5.74, 6) is 0.836. The molecule has 0 bridgehead atoms. The van der Waals surface area contributed by atoms with Crippen LogP contribution in [-0.4, -0.2) is 7.11 Å². The van der Waals surface area contributed by atoms with E-state index in [1.807, 2.05) is 0 Å². The summed E-state index contributed by atoms with van der Waals surface area (Å²) in [5, 5.41) is 1.17. The lowest BCUT2D eigenvalue weighted by molar-refractivity contribution is 0.295. The van der Waals surface area contributed by atoms with Crippen LogP contribution in [0.4, 0.5) is 4.39 Å². The first-order valence-corrected chi connectivity index (χ1v) is 7.43. The standard InChI is InChI=1S/C15H13BrClFO2/c1-19-15-3-2-12(17)6-11(15)9-20-14-5-10(8-16)4-13(18)7-14/h2-7H,8-9H2,1H3. The fourth-order valence-corrected chi connectivity index (χ4v) is 2.32. The van der Waals surface area contributed by atoms with Crippen molar-refractivity contribution in [2.45, 2.75) is 11.9 Å². The largest absolute Gasteiger partial charge is 0.496 e. The van der Waals surface area contributed by atoms with Gasteiger partial charge in [0.25, 0.3) is 0 Å². The van der Waals surface area contributed by atoms with E-state index in [9.17, 15) is 4.39 Å². The van der Waals surface area contributed by atoms with Crippen LogP contribution in [0.2, 0.25) is 5.02 Å². The summed E-state index contributed by atoms with van der Waals surface area (Å²) in [6, 6.07) is 9.89. The van der Waals surface area contributed by atoms with E-state index in [4.69, 9.17) is 21.1 Å². The second kappa shape index (κ2) is 6.95. The highest BCUT2D eigenvalue weighted by atomic mass is 79.9. The number of benzene rings is 2. The molecule has 20 heavy (non-hydrogen) atoms. The molecule has 0 saturated carbocycles. The van der Waals surface area contributed by atoms with E-state index in [0.29, 0.717) is 21.9 Å². The lowest BCUT2D eigenvalue weighted by Crippen LogP contribution is -1.99. The van der Waals surface area contributed by atoms with E-state index in [1.54, 1.807) is 31.4 Å². The van der Waals surface area contributed by atoms with Gasteiger partial charge in [0, 0.05) is 22.0 Å². The molecular weight excluding hydrogens is 347 g/mol. The predicted octanol–water partition coefficient (Wildman–Crippen LogP) is 4.96. The Hall–Kier alpha value is -1.26. The topological polar surface area (TPSA) is 18.5 Å². The Balaban J connectivity index is 2.16. The van der Waals surface area contributed by atoms with Crippen molar-refractivity contribution in [3.8, 4) is 11.5 Å². The first-order valence-electron chi connectivity index (χ1n) is 5.93. The van der Waals surface area contributed by atoms with Gasteiger partial charge in [0.2, 0.25) is 0 Å². The number of ether oxygens (including phenoxy) is 2. The molecule has 0 aliphatic rings. The molecule has 2 rings (SSSR count). The molecule has 0 atom stereocenters. The molecule has 0 aromatic heterocycles. The quantitative estimate of drug-likeness (QED) is 0.702. The van der Waals surface area contributed by atoms with Crippen LogP contribution in [0.3, 0.4) is 0 Å². The summed E-state index contributed by atoms with van der Waals surface area (Å²) in [6.07, 6.45) is 0. The highest BCUT2D eigenvalue weighted by molar-refractivity contribution is 9.08. The SMILES string of the molecule is COc1ccc(Cl)cc1COc1cc(F)cc(CBr)c1. The van der Waals surface area contributed by atoms with Gasteiger partial charge in [0.05, 0.1) is 7.11 Å². The van der Waals surface area contributed by atoms with Crippen LogP contribution >= 0.6 is 27.5 Å². The Morgan fingerprint density at radius 2 is 2.00 bits per heavy atom. The summed E-state index contributed by atoms with van der Waals surface area (Å²) in [4.78, 5) is 0. The van der Waals surface area contributed by atoms with E-state index in [2.05, 4.69) is 15.9 Å². The minimum Gasteiger partial charge on any atom is -0.496 e. The van der Waals surface area contributed by atoms with Crippen molar-refractivity contribution >= 4 is 27.5 Å². The van der Waals surface area contributed by atoms with Gasteiger partial charge in [-0.1, -0.05) is 27.5 Å². The zero-order valence-electron chi connectivity index (χ0n) is 10.8. The van der Waals surface area contributed by atoms with Gasteiger partial charge >= 0.3 is 0 Å². The van der Waals surface area contributed by atoms with Crippen LogP contribution in [0.15, 0.2) is 36.4 Å². The van der Waals surface area contributed by atoms with Crippen LogP contribution in [0.5, 0.6) is 11.5 Å². The van der Waals surface area contributed by atoms with Crippen molar-refractivity contribution in [3.05, 3.63) is 58.4 Å². The molecule has 106 valence electrons. The van der Waals surface area contributed by atoms with Crippen molar-refractivity contribution in [2.24, 2.45) is 0 Å². The minimum atomic E-state index is -0.324. The molecular formula is C15H13BrClFO2. The van der Waals surface area contributed by atoms with Crippen LogP contribution in [0.1, 0.15) is 11.1 Å². The second-order valence-electron chi connectivity index (χ2n) is 4.17. The Morgan fingerprint density at radius 3 is 2.70 bits per heavy atom. The fourth-order valence-electron chi connectivity index (χ4n) is 1.80. The van der Waals surface area contributed by atoms with Crippen LogP contribution < -0.4 is 9.47 Å². The van der Waals surface area contributed by atoms with Gasteiger partial charge in [-0.25, -0.2) is 4.39 Å². The van der Waals surface area contributed by atoms with E-state index in [0.717, 1.165) is 11.1 Å². The smallest absolute Gasteiger partial charge is 0.127 e. The molecule has 0 fully saturated rings. The summed E-state index contributed by atoms with van der Waals surface area (Å²) in [5.41, 5.74) is 1.63. The molecule has 0 amide bonds. The molecule has 2 nitrogen and oxygen atoms in total. The molecule has 2 aromatic rings. The lowest BCUT2D eigenvalue weighted by atomic mass is 10.2. The van der Waals surface area contributed by atoms with Crippen molar-refractivity contribution in [1.29, 1.82) is 0 Å². The number of alkyl halides is 1. The highest BCUT2D eigenvalue weighted by Gasteiger charge is 2.06. The number of methoxy groups -OCH3 is 1. The molecule has 0 heterocycles.